The molecule has 0 saturated heterocycles. The molecule has 0 spiro atoms. The van der Waals surface area contributed by atoms with E-state index < -0.39 is 23.0 Å². The number of aromatic nitrogens is 3. The van der Waals surface area contributed by atoms with E-state index >= 15 is 0 Å². The van der Waals surface area contributed by atoms with E-state index in [-0.39, 0.29) is 21.6 Å². The standard InChI is InChI=1S/C14H10F2N4O2S/c1-2-10-19-20-14(23-10)18-13(22)7-5-17-9-4-6(15)3-8(16)11(9)12(7)21/h3-5H,2H2,1H3,(H,17,21)(H,18,20,22). The minimum Gasteiger partial charge on any atom is -0.360 e. The molecule has 0 radical (unpaired) electrons. The minimum absolute atomic E-state index is 0.0202. The molecule has 0 atom stereocenters. The molecule has 2 heterocycles. The monoisotopic (exact) mass is 336 g/mol. The number of hydrogen-bond acceptors (Lipinski definition) is 5. The van der Waals surface area contributed by atoms with Crippen molar-refractivity contribution in [3.05, 3.63) is 50.8 Å². The number of fused-ring (bicyclic) bond motifs is 1. The van der Waals surface area contributed by atoms with Crippen molar-refractivity contribution in [1.29, 1.82) is 0 Å². The highest BCUT2D eigenvalue weighted by atomic mass is 32.1. The number of rotatable bonds is 3. The third-order valence-electron chi connectivity index (χ3n) is 3.13. The molecule has 2 N–H and O–H groups in total. The maximum atomic E-state index is 13.8. The first-order valence-corrected chi connectivity index (χ1v) is 7.45. The molecule has 3 rings (SSSR count). The van der Waals surface area contributed by atoms with Gasteiger partial charge in [0.15, 0.2) is 0 Å². The zero-order valence-corrected chi connectivity index (χ0v) is 12.6. The molecule has 0 fully saturated rings. The Morgan fingerprint density at radius 1 is 1.35 bits per heavy atom. The van der Waals surface area contributed by atoms with Gasteiger partial charge in [0.05, 0.1) is 10.9 Å². The third-order valence-corrected chi connectivity index (χ3v) is 4.12. The Bertz CT molecular complexity index is 967. The lowest BCUT2D eigenvalue weighted by atomic mass is 10.1. The summed E-state index contributed by atoms with van der Waals surface area (Å²) in [4.78, 5) is 27.0. The van der Waals surface area contributed by atoms with Crippen LogP contribution < -0.4 is 10.7 Å². The second kappa shape index (κ2) is 5.84. The fourth-order valence-corrected chi connectivity index (χ4v) is 2.72. The molecule has 0 unspecified atom stereocenters. The van der Waals surface area contributed by atoms with E-state index in [4.69, 9.17) is 0 Å². The van der Waals surface area contributed by atoms with Crippen molar-refractivity contribution in [1.82, 2.24) is 15.2 Å². The Hall–Kier alpha value is -2.68. The summed E-state index contributed by atoms with van der Waals surface area (Å²) in [6.07, 6.45) is 1.78. The normalized spacial score (nSPS) is 10.9. The molecule has 118 valence electrons. The van der Waals surface area contributed by atoms with Gasteiger partial charge >= 0.3 is 0 Å². The van der Waals surface area contributed by atoms with Gasteiger partial charge in [0.1, 0.15) is 22.2 Å². The van der Waals surface area contributed by atoms with Gasteiger partial charge in [-0.25, -0.2) is 8.78 Å². The Labute approximate surface area is 132 Å². The number of nitrogens with one attached hydrogen (secondary N) is 2. The van der Waals surface area contributed by atoms with Crippen LogP contribution in [0.2, 0.25) is 0 Å². The van der Waals surface area contributed by atoms with Crippen LogP contribution in [0.15, 0.2) is 23.1 Å². The largest absolute Gasteiger partial charge is 0.360 e. The van der Waals surface area contributed by atoms with Crippen molar-refractivity contribution >= 4 is 33.3 Å². The highest BCUT2D eigenvalue weighted by Gasteiger charge is 2.17. The Balaban J connectivity index is 2.01. The fourth-order valence-electron chi connectivity index (χ4n) is 2.05. The second-order valence-corrected chi connectivity index (χ2v) is 5.71. The Morgan fingerprint density at radius 3 is 2.83 bits per heavy atom. The quantitative estimate of drug-likeness (QED) is 0.769. The first-order valence-electron chi connectivity index (χ1n) is 6.63. The van der Waals surface area contributed by atoms with Gasteiger partial charge in [-0.1, -0.05) is 18.3 Å². The number of aromatic amines is 1. The van der Waals surface area contributed by atoms with Gasteiger partial charge in [0.2, 0.25) is 10.6 Å². The van der Waals surface area contributed by atoms with Crippen molar-refractivity contribution < 1.29 is 13.6 Å². The molecule has 0 aliphatic heterocycles. The highest BCUT2D eigenvalue weighted by molar-refractivity contribution is 7.15. The number of carbonyl (C=O) groups excluding carboxylic acids is 1. The van der Waals surface area contributed by atoms with E-state index in [0.29, 0.717) is 12.5 Å². The van der Waals surface area contributed by atoms with Crippen molar-refractivity contribution in [2.24, 2.45) is 0 Å². The highest BCUT2D eigenvalue weighted by Crippen LogP contribution is 2.18. The number of amides is 1. The lowest BCUT2D eigenvalue weighted by Crippen LogP contribution is -2.22. The molecule has 2 aromatic heterocycles. The molecule has 9 heteroatoms. The predicted octanol–water partition coefficient (Wildman–Crippen LogP) is 2.47. The average Bonchev–Trinajstić information content (AvgIpc) is 2.94. The summed E-state index contributed by atoms with van der Waals surface area (Å²) in [5.74, 6) is -2.58. The minimum atomic E-state index is -1.03. The SMILES string of the molecule is CCc1nnc(NC(=O)c2c[nH]c3cc(F)cc(F)c3c2=O)s1. The maximum Gasteiger partial charge on any atom is 0.262 e. The van der Waals surface area contributed by atoms with E-state index in [1.54, 1.807) is 0 Å². The van der Waals surface area contributed by atoms with Gasteiger partial charge in [-0.15, -0.1) is 10.2 Å². The Kier molecular flexibility index (Phi) is 3.87. The molecule has 1 aromatic carbocycles. The van der Waals surface area contributed by atoms with Gasteiger partial charge in [-0.2, -0.15) is 0 Å². The first kappa shape index (κ1) is 15.2. The van der Waals surface area contributed by atoms with Gasteiger partial charge in [0.25, 0.3) is 5.91 Å². The van der Waals surface area contributed by atoms with Crippen LogP contribution in [-0.4, -0.2) is 21.1 Å². The number of aryl methyl sites for hydroxylation is 1. The van der Waals surface area contributed by atoms with E-state index in [1.165, 1.54) is 11.3 Å². The number of H-pyrrole nitrogens is 1. The zero-order valence-electron chi connectivity index (χ0n) is 11.8. The van der Waals surface area contributed by atoms with Crippen LogP contribution in [0.1, 0.15) is 22.3 Å². The van der Waals surface area contributed by atoms with Gasteiger partial charge in [-0.05, 0) is 12.5 Å². The average molecular weight is 336 g/mol. The molecule has 23 heavy (non-hydrogen) atoms. The van der Waals surface area contributed by atoms with Crippen LogP contribution in [0.3, 0.4) is 0 Å². The Morgan fingerprint density at radius 2 is 2.13 bits per heavy atom. The molecule has 0 saturated carbocycles. The summed E-state index contributed by atoms with van der Waals surface area (Å²) >= 11 is 1.18. The molecule has 0 aliphatic rings. The van der Waals surface area contributed by atoms with Crippen molar-refractivity contribution in [3.8, 4) is 0 Å². The van der Waals surface area contributed by atoms with E-state index in [2.05, 4.69) is 20.5 Å². The number of anilines is 1. The zero-order chi connectivity index (χ0) is 16.6. The lowest BCUT2D eigenvalue weighted by molar-refractivity contribution is 0.102. The topological polar surface area (TPSA) is 87.7 Å². The van der Waals surface area contributed by atoms with E-state index in [1.807, 2.05) is 6.92 Å². The number of carbonyl (C=O) groups is 1. The predicted molar refractivity (Wildman–Crippen MR) is 81.7 cm³/mol. The summed E-state index contributed by atoms with van der Waals surface area (Å²) in [5, 5.41) is 10.7. The summed E-state index contributed by atoms with van der Waals surface area (Å²) in [6.45, 7) is 1.89. The van der Waals surface area contributed by atoms with Gasteiger partial charge in [-0.3, -0.25) is 14.9 Å². The summed E-state index contributed by atoms with van der Waals surface area (Å²) in [7, 11) is 0. The molecule has 0 bridgehead atoms. The third kappa shape index (κ3) is 2.82. The van der Waals surface area contributed by atoms with Crippen molar-refractivity contribution in [3.63, 3.8) is 0 Å². The van der Waals surface area contributed by atoms with Crippen molar-refractivity contribution in [2.45, 2.75) is 13.3 Å². The summed E-state index contributed by atoms with van der Waals surface area (Å²) < 4.78 is 27.0. The number of benzene rings is 1. The fraction of sp³-hybridized carbons (Fsp3) is 0.143. The maximum absolute atomic E-state index is 13.8. The van der Waals surface area contributed by atoms with Crippen LogP contribution in [0.25, 0.3) is 10.9 Å². The number of nitrogens with zero attached hydrogens (tertiary/aromatic N) is 2. The second-order valence-electron chi connectivity index (χ2n) is 4.65. The summed E-state index contributed by atoms with van der Waals surface area (Å²) in [6, 6.07) is 1.58. The van der Waals surface area contributed by atoms with Crippen LogP contribution in [-0.2, 0) is 6.42 Å². The number of hydrogen-bond donors (Lipinski definition) is 2. The first-order chi connectivity index (χ1) is 11.0. The lowest BCUT2D eigenvalue weighted by Gasteiger charge is -2.04. The van der Waals surface area contributed by atoms with Gasteiger partial charge in [0, 0.05) is 12.3 Å². The van der Waals surface area contributed by atoms with Crippen LogP contribution in [0.4, 0.5) is 13.9 Å². The van der Waals surface area contributed by atoms with Crippen LogP contribution in [0.5, 0.6) is 0 Å². The van der Waals surface area contributed by atoms with E-state index in [9.17, 15) is 18.4 Å². The molecule has 3 aromatic rings. The van der Waals surface area contributed by atoms with Gasteiger partial charge < -0.3 is 4.98 Å². The molecule has 1 amide bonds. The number of halogens is 2. The molecular weight excluding hydrogens is 326 g/mol. The van der Waals surface area contributed by atoms with Crippen LogP contribution in [0, 0.1) is 11.6 Å². The molecule has 0 aliphatic carbocycles. The van der Waals surface area contributed by atoms with Crippen LogP contribution >= 0.6 is 11.3 Å². The molecular formula is C14H10F2N4O2S. The molecule has 6 nitrogen and oxygen atoms in total. The van der Waals surface area contributed by atoms with Crippen molar-refractivity contribution in [2.75, 3.05) is 5.32 Å². The summed E-state index contributed by atoms with van der Waals surface area (Å²) in [5.41, 5.74) is -1.14. The number of pyridine rings is 1. The van der Waals surface area contributed by atoms with E-state index in [0.717, 1.165) is 17.3 Å². The smallest absolute Gasteiger partial charge is 0.262 e.